The monoisotopic (exact) mass is 520 g/mol. The Morgan fingerprint density at radius 2 is 0.783 bits per heavy atom. The van der Waals surface area contributed by atoms with Crippen molar-refractivity contribution in [3.8, 4) is 0 Å². The molecule has 0 saturated heterocycles. The fraction of sp³-hybridized carbons (Fsp3) is 0.600. The Labute approximate surface area is 167 Å². The molecule has 0 aromatic carbocycles. The predicted octanol–water partition coefficient (Wildman–Crippen LogP) is 0.377. The Hall–Kier alpha value is 0.410. The van der Waals surface area contributed by atoms with Crippen LogP contribution in [0.3, 0.4) is 0 Å². The zero-order valence-corrected chi connectivity index (χ0v) is 21.4. The fourth-order valence-electron chi connectivity index (χ4n) is 3.81. The number of hydrogen-bond acceptors (Lipinski definition) is 0. The molecule has 0 amide bonds. The molecule has 0 saturated carbocycles. The summed E-state index contributed by atoms with van der Waals surface area (Å²) >= 11 is -0.997. The molecule has 0 spiro atoms. The number of rotatable bonds is 2. The molecular weight excluding hydrogens is 490 g/mol. The normalized spacial score (nSPS) is 22.3. The van der Waals surface area contributed by atoms with Crippen molar-refractivity contribution in [2.24, 2.45) is 10.8 Å². The Kier molecular flexibility index (Phi) is 7.47. The average Bonchev–Trinajstić information content (AvgIpc) is 2.63. The maximum atomic E-state index is 2.44. The Morgan fingerprint density at radius 1 is 0.522 bits per heavy atom. The zero-order chi connectivity index (χ0) is 16.3. The first-order valence-electron chi connectivity index (χ1n) is 8.00. The second-order valence-corrected chi connectivity index (χ2v) is 12.4. The van der Waals surface area contributed by atoms with Gasteiger partial charge in [-0.25, -0.2) is 0 Å². The summed E-state index contributed by atoms with van der Waals surface area (Å²) in [6.07, 6.45) is 0. The van der Waals surface area contributed by atoms with E-state index in [1.165, 1.54) is 0 Å². The molecule has 128 valence electrons. The summed E-state index contributed by atoms with van der Waals surface area (Å²) in [6, 6.07) is 0. The van der Waals surface area contributed by atoms with Crippen LogP contribution < -0.4 is 24.8 Å². The van der Waals surface area contributed by atoms with Gasteiger partial charge in [-0.2, -0.15) is 0 Å². The van der Waals surface area contributed by atoms with Gasteiger partial charge in [0.25, 0.3) is 0 Å². The van der Waals surface area contributed by atoms with Crippen molar-refractivity contribution >= 4 is 0 Å². The molecule has 0 N–H and O–H groups in total. The van der Waals surface area contributed by atoms with E-state index < -0.39 is 22.9 Å². The summed E-state index contributed by atoms with van der Waals surface area (Å²) in [5.74, 6) is 0. The van der Waals surface area contributed by atoms with Crippen molar-refractivity contribution < 1.29 is 47.7 Å². The molecule has 0 bridgehead atoms. The number of hydrogen-bond donors (Lipinski definition) is 0. The van der Waals surface area contributed by atoms with Crippen molar-refractivity contribution in [1.29, 1.82) is 0 Å². The van der Waals surface area contributed by atoms with E-state index in [2.05, 4.69) is 69.2 Å². The van der Waals surface area contributed by atoms with Gasteiger partial charge >= 0.3 is 143 Å². The molecule has 0 heterocycles. The van der Waals surface area contributed by atoms with E-state index in [0.717, 1.165) is 0 Å². The third kappa shape index (κ3) is 3.40. The van der Waals surface area contributed by atoms with Gasteiger partial charge in [-0.15, -0.1) is 0 Å². The van der Waals surface area contributed by atoms with Crippen LogP contribution >= 0.6 is 0 Å². The van der Waals surface area contributed by atoms with Gasteiger partial charge in [0, 0.05) is 0 Å². The van der Waals surface area contributed by atoms with Gasteiger partial charge in [0.05, 0.1) is 0 Å². The van der Waals surface area contributed by atoms with Crippen LogP contribution in [0.15, 0.2) is 40.1 Å². The molecule has 3 heteroatoms. The average molecular weight is 520 g/mol. The standard InChI is InChI=1S/2C10H15.2ClH.Hf/c2*1-7-6-10(4,5)9(3)8(7)2;;;/h2*1-5H3;2*1H;/q;;;;+2/p-2. The molecule has 0 fully saturated rings. The van der Waals surface area contributed by atoms with Gasteiger partial charge in [-0.3, -0.25) is 0 Å². The van der Waals surface area contributed by atoms with E-state index in [1.54, 1.807) is 33.4 Å². The molecule has 0 radical (unpaired) electrons. The first-order chi connectivity index (χ1) is 9.44. The molecule has 0 nitrogen and oxygen atoms in total. The molecule has 2 aliphatic carbocycles. The van der Waals surface area contributed by atoms with E-state index in [0.29, 0.717) is 10.8 Å². The van der Waals surface area contributed by atoms with Crippen LogP contribution in [0.25, 0.3) is 0 Å². The molecule has 2 aliphatic rings. The van der Waals surface area contributed by atoms with E-state index in [-0.39, 0.29) is 24.8 Å². The number of allylic oxidation sites excluding steroid dienone is 8. The van der Waals surface area contributed by atoms with E-state index in [4.69, 9.17) is 0 Å². The van der Waals surface area contributed by atoms with E-state index in [1.807, 2.05) is 6.66 Å². The molecule has 0 atom stereocenters. The zero-order valence-electron chi connectivity index (χ0n) is 16.3. The van der Waals surface area contributed by atoms with Gasteiger partial charge < -0.3 is 24.8 Å². The van der Waals surface area contributed by atoms with Crippen molar-refractivity contribution in [2.45, 2.75) is 69.2 Å². The molecule has 0 aliphatic heterocycles. The maximum absolute atomic E-state index is 2.44. The largest absolute Gasteiger partial charge is 1.00 e. The fourth-order valence-corrected chi connectivity index (χ4v) is 11.0. The van der Waals surface area contributed by atoms with Gasteiger partial charge in [0.1, 0.15) is 0 Å². The topological polar surface area (TPSA) is 0 Å². The molecule has 23 heavy (non-hydrogen) atoms. The summed E-state index contributed by atoms with van der Waals surface area (Å²) in [5, 5.41) is 0. The second kappa shape index (κ2) is 7.34. The van der Waals surface area contributed by atoms with Crippen LogP contribution in [0.2, 0.25) is 0 Å². The van der Waals surface area contributed by atoms with Gasteiger partial charge in [0.15, 0.2) is 0 Å². The summed E-state index contributed by atoms with van der Waals surface area (Å²) in [7, 11) is 0. The van der Waals surface area contributed by atoms with Crippen LogP contribution in [0.1, 0.15) is 69.2 Å². The Bertz CT molecular complexity index is 585. The van der Waals surface area contributed by atoms with Crippen LogP contribution in [-0.2, 0) is 22.9 Å². The van der Waals surface area contributed by atoms with Crippen molar-refractivity contribution in [2.75, 3.05) is 0 Å². The minimum absolute atomic E-state index is 0. The molecule has 0 unspecified atom stereocenters. The van der Waals surface area contributed by atoms with Crippen LogP contribution in [0.5, 0.6) is 0 Å². The summed E-state index contributed by atoms with van der Waals surface area (Å²) in [6.45, 7) is 23.8. The summed E-state index contributed by atoms with van der Waals surface area (Å²) in [5.41, 5.74) is 10.1. The number of halogens is 2. The van der Waals surface area contributed by atoms with Gasteiger partial charge in [-0.1, -0.05) is 0 Å². The molecule has 0 aromatic heterocycles. The first kappa shape index (κ1) is 23.4. The maximum Gasteiger partial charge on any atom is -1.00 e. The Morgan fingerprint density at radius 3 is 0.957 bits per heavy atom. The van der Waals surface area contributed by atoms with Gasteiger partial charge in [-0.05, 0) is 0 Å². The van der Waals surface area contributed by atoms with Gasteiger partial charge in [0.2, 0.25) is 0 Å². The van der Waals surface area contributed by atoms with Crippen molar-refractivity contribution in [1.82, 2.24) is 0 Å². The smallest absolute Gasteiger partial charge is 1.00 e. The molecule has 2 rings (SSSR count). The van der Waals surface area contributed by atoms with Crippen LogP contribution in [0, 0.1) is 10.8 Å². The van der Waals surface area contributed by atoms with Crippen LogP contribution in [-0.4, -0.2) is 0 Å². The van der Waals surface area contributed by atoms with E-state index in [9.17, 15) is 0 Å². The van der Waals surface area contributed by atoms with Crippen molar-refractivity contribution in [3.05, 3.63) is 40.1 Å². The second-order valence-electron chi connectivity index (χ2n) is 7.88. The summed E-state index contributed by atoms with van der Waals surface area (Å²) in [4.78, 5) is 0. The quantitative estimate of drug-likeness (QED) is 0.463. The molecular formula is C20H30Cl2Hf. The minimum Gasteiger partial charge on any atom is -1.00 e. The minimum atomic E-state index is -0.997. The third-order valence-electron chi connectivity index (χ3n) is 6.38. The summed E-state index contributed by atoms with van der Waals surface area (Å²) < 4.78 is 3.64. The Balaban J connectivity index is 0.00000242. The predicted molar refractivity (Wildman–Crippen MR) is 89.7 cm³/mol. The van der Waals surface area contributed by atoms with Crippen LogP contribution in [0.4, 0.5) is 0 Å². The van der Waals surface area contributed by atoms with E-state index >= 15 is 0 Å². The molecule has 0 aromatic rings. The third-order valence-corrected chi connectivity index (χ3v) is 15.4. The SMILES string of the molecule is CC1=C(C)C(C)(C)[C]([Hf+2][C]2=C(C)C(C)=C(C)C2(C)C)=C1C.[Cl-].[Cl-]. The first-order valence-corrected chi connectivity index (χ1v) is 11.6. The van der Waals surface area contributed by atoms with Crippen molar-refractivity contribution in [3.63, 3.8) is 0 Å².